The van der Waals surface area contributed by atoms with Crippen LogP contribution in [0.4, 0.5) is 0 Å². The molecule has 0 bridgehead atoms. The third-order valence-corrected chi connectivity index (χ3v) is 2.84. The average Bonchev–Trinajstić information content (AvgIpc) is 2.22. The summed E-state index contributed by atoms with van der Waals surface area (Å²) in [5.41, 5.74) is 1.75. The molecule has 0 spiro atoms. The molecule has 0 amide bonds. The standard InChI is InChI=1S/C12H12O3/c13-11(14)7-9-6-5-8-3-1-2-4-10(8)12(9)15/h1-4,9H,5-7H2,(H,13,14)/t9-/m0/s1. The van der Waals surface area contributed by atoms with Gasteiger partial charge in [0.2, 0.25) is 0 Å². The van der Waals surface area contributed by atoms with Crippen LogP contribution in [0.15, 0.2) is 24.3 Å². The molecule has 0 fully saturated rings. The summed E-state index contributed by atoms with van der Waals surface area (Å²) < 4.78 is 0. The van der Waals surface area contributed by atoms with Crippen molar-refractivity contribution in [3.05, 3.63) is 35.4 Å². The first-order valence-corrected chi connectivity index (χ1v) is 5.02. The number of ketones is 1. The number of aliphatic carboxylic acids is 1. The fourth-order valence-electron chi connectivity index (χ4n) is 2.06. The largest absolute Gasteiger partial charge is 0.481 e. The van der Waals surface area contributed by atoms with Gasteiger partial charge in [0.15, 0.2) is 5.78 Å². The number of carbonyl (C=O) groups excluding carboxylic acids is 1. The molecule has 0 radical (unpaired) electrons. The van der Waals surface area contributed by atoms with Gasteiger partial charge in [-0.15, -0.1) is 0 Å². The van der Waals surface area contributed by atoms with Crippen molar-refractivity contribution >= 4 is 11.8 Å². The maximum absolute atomic E-state index is 11.9. The molecule has 3 heteroatoms. The van der Waals surface area contributed by atoms with Gasteiger partial charge in [0.1, 0.15) is 0 Å². The summed E-state index contributed by atoms with van der Waals surface area (Å²) in [6.45, 7) is 0. The predicted molar refractivity (Wildman–Crippen MR) is 54.8 cm³/mol. The van der Waals surface area contributed by atoms with E-state index in [1.165, 1.54) is 0 Å². The smallest absolute Gasteiger partial charge is 0.304 e. The molecule has 1 aromatic rings. The lowest BCUT2D eigenvalue weighted by atomic mass is 9.81. The zero-order valence-electron chi connectivity index (χ0n) is 8.27. The van der Waals surface area contributed by atoms with E-state index in [9.17, 15) is 9.59 Å². The second kappa shape index (κ2) is 3.85. The zero-order chi connectivity index (χ0) is 10.8. The first kappa shape index (κ1) is 9.90. The van der Waals surface area contributed by atoms with Crippen LogP contribution in [0.2, 0.25) is 0 Å². The van der Waals surface area contributed by atoms with Crippen molar-refractivity contribution in [2.75, 3.05) is 0 Å². The Hall–Kier alpha value is -1.64. The Morgan fingerprint density at radius 2 is 2.13 bits per heavy atom. The van der Waals surface area contributed by atoms with Crippen LogP contribution in [0, 0.1) is 5.92 Å². The van der Waals surface area contributed by atoms with Crippen molar-refractivity contribution < 1.29 is 14.7 Å². The van der Waals surface area contributed by atoms with Gasteiger partial charge >= 0.3 is 5.97 Å². The van der Waals surface area contributed by atoms with E-state index in [1.54, 1.807) is 6.07 Å². The second-order valence-electron chi connectivity index (χ2n) is 3.85. The van der Waals surface area contributed by atoms with E-state index in [4.69, 9.17) is 5.11 Å². The number of benzene rings is 1. The van der Waals surface area contributed by atoms with Gasteiger partial charge in [0.25, 0.3) is 0 Å². The number of carbonyl (C=O) groups is 2. The SMILES string of the molecule is O=C(O)C[C@@H]1CCc2ccccc2C1=O. The molecule has 1 aliphatic rings. The number of Topliss-reactive ketones (excluding diaryl/α,β-unsaturated/α-hetero) is 1. The van der Waals surface area contributed by atoms with Crippen LogP contribution >= 0.6 is 0 Å². The average molecular weight is 204 g/mol. The number of carboxylic acids is 1. The number of fused-ring (bicyclic) bond motifs is 1. The number of carboxylic acid groups (broad SMARTS) is 1. The summed E-state index contributed by atoms with van der Waals surface area (Å²) >= 11 is 0. The van der Waals surface area contributed by atoms with Crippen LogP contribution in [0.5, 0.6) is 0 Å². The molecule has 0 aromatic heterocycles. The van der Waals surface area contributed by atoms with E-state index in [2.05, 4.69) is 0 Å². The highest BCUT2D eigenvalue weighted by molar-refractivity contribution is 6.01. The molecule has 15 heavy (non-hydrogen) atoms. The van der Waals surface area contributed by atoms with E-state index in [1.807, 2.05) is 18.2 Å². The molecule has 0 unspecified atom stereocenters. The predicted octanol–water partition coefficient (Wildman–Crippen LogP) is 1.91. The lowest BCUT2D eigenvalue weighted by Gasteiger charge is -2.21. The Morgan fingerprint density at radius 1 is 1.40 bits per heavy atom. The van der Waals surface area contributed by atoms with E-state index < -0.39 is 5.97 Å². The van der Waals surface area contributed by atoms with Gasteiger partial charge < -0.3 is 5.11 Å². The topological polar surface area (TPSA) is 54.4 Å². The third kappa shape index (κ3) is 1.91. The molecule has 1 aromatic carbocycles. The van der Waals surface area contributed by atoms with Gasteiger partial charge in [-0.05, 0) is 18.4 Å². The minimum absolute atomic E-state index is 0.0146. The van der Waals surface area contributed by atoms with Crippen LogP contribution in [-0.4, -0.2) is 16.9 Å². The first-order valence-electron chi connectivity index (χ1n) is 5.02. The molecule has 1 atom stereocenters. The lowest BCUT2D eigenvalue weighted by Crippen LogP contribution is -2.24. The molecule has 3 nitrogen and oxygen atoms in total. The Balaban J connectivity index is 2.26. The molecule has 0 saturated carbocycles. The Morgan fingerprint density at radius 3 is 2.87 bits per heavy atom. The Bertz CT molecular complexity index is 409. The quantitative estimate of drug-likeness (QED) is 0.800. The van der Waals surface area contributed by atoms with Crippen molar-refractivity contribution in [1.29, 1.82) is 0 Å². The number of aryl methyl sites for hydroxylation is 1. The normalized spacial score (nSPS) is 19.7. The van der Waals surface area contributed by atoms with Crippen LogP contribution < -0.4 is 0 Å². The van der Waals surface area contributed by atoms with Gasteiger partial charge in [0, 0.05) is 11.5 Å². The van der Waals surface area contributed by atoms with Crippen molar-refractivity contribution in [2.45, 2.75) is 19.3 Å². The summed E-state index contributed by atoms with van der Waals surface area (Å²) in [5, 5.41) is 8.68. The fourth-order valence-corrected chi connectivity index (χ4v) is 2.06. The minimum atomic E-state index is -0.896. The molecule has 0 heterocycles. The molecular formula is C12H12O3. The summed E-state index contributed by atoms with van der Waals surface area (Å²) in [4.78, 5) is 22.5. The first-order chi connectivity index (χ1) is 7.18. The Labute approximate surface area is 87.7 Å². The van der Waals surface area contributed by atoms with Gasteiger partial charge in [-0.25, -0.2) is 0 Å². The summed E-state index contributed by atoms with van der Waals surface area (Å²) in [5.74, 6) is -1.25. The molecule has 78 valence electrons. The lowest BCUT2D eigenvalue weighted by molar-refractivity contribution is -0.137. The van der Waals surface area contributed by atoms with Gasteiger partial charge in [-0.2, -0.15) is 0 Å². The molecule has 0 saturated heterocycles. The van der Waals surface area contributed by atoms with Crippen LogP contribution in [0.1, 0.15) is 28.8 Å². The van der Waals surface area contributed by atoms with E-state index >= 15 is 0 Å². The third-order valence-electron chi connectivity index (χ3n) is 2.84. The molecule has 1 N–H and O–H groups in total. The maximum atomic E-state index is 11.9. The van der Waals surface area contributed by atoms with Gasteiger partial charge in [-0.1, -0.05) is 24.3 Å². The summed E-state index contributed by atoms with van der Waals surface area (Å²) in [6.07, 6.45) is 1.41. The van der Waals surface area contributed by atoms with Crippen molar-refractivity contribution in [2.24, 2.45) is 5.92 Å². The molecule has 0 aliphatic heterocycles. The minimum Gasteiger partial charge on any atom is -0.481 e. The van der Waals surface area contributed by atoms with E-state index in [0.29, 0.717) is 12.0 Å². The van der Waals surface area contributed by atoms with E-state index in [0.717, 1.165) is 12.0 Å². The van der Waals surface area contributed by atoms with Crippen LogP contribution in [-0.2, 0) is 11.2 Å². The van der Waals surface area contributed by atoms with Crippen molar-refractivity contribution in [3.63, 3.8) is 0 Å². The van der Waals surface area contributed by atoms with Crippen LogP contribution in [0.25, 0.3) is 0 Å². The zero-order valence-corrected chi connectivity index (χ0v) is 8.27. The molecular weight excluding hydrogens is 192 g/mol. The van der Waals surface area contributed by atoms with Gasteiger partial charge in [-0.3, -0.25) is 9.59 Å². The van der Waals surface area contributed by atoms with E-state index in [-0.39, 0.29) is 18.1 Å². The monoisotopic (exact) mass is 204 g/mol. The van der Waals surface area contributed by atoms with Crippen molar-refractivity contribution in [1.82, 2.24) is 0 Å². The summed E-state index contributed by atoms with van der Waals surface area (Å²) in [6, 6.07) is 7.44. The second-order valence-corrected chi connectivity index (χ2v) is 3.85. The summed E-state index contributed by atoms with van der Waals surface area (Å²) in [7, 11) is 0. The fraction of sp³-hybridized carbons (Fsp3) is 0.333. The highest BCUT2D eigenvalue weighted by atomic mass is 16.4. The van der Waals surface area contributed by atoms with Crippen molar-refractivity contribution in [3.8, 4) is 0 Å². The molecule has 1 aliphatic carbocycles. The number of hydrogen-bond donors (Lipinski definition) is 1. The highest BCUT2D eigenvalue weighted by Gasteiger charge is 2.28. The number of rotatable bonds is 2. The number of hydrogen-bond acceptors (Lipinski definition) is 2. The Kier molecular flexibility index (Phi) is 2.54. The molecule has 2 rings (SSSR count). The maximum Gasteiger partial charge on any atom is 0.304 e. The van der Waals surface area contributed by atoms with Crippen LogP contribution in [0.3, 0.4) is 0 Å². The highest BCUT2D eigenvalue weighted by Crippen LogP contribution is 2.27. The van der Waals surface area contributed by atoms with Gasteiger partial charge in [0.05, 0.1) is 6.42 Å².